The Hall–Kier alpha value is -3.75. The van der Waals surface area contributed by atoms with Gasteiger partial charge in [0.15, 0.2) is 18.6 Å². The normalized spacial score (nSPS) is 18.2. The third-order valence-corrected chi connectivity index (χ3v) is 5.62. The molecule has 0 saturated carbocycles. The molecule has 0 spiro atoms. The molecular formula is C24H28N3O6+. The molecule has 0 fully saturated rings. The Bertz CT molecular complexity index is 1050. The predicted molar refractivity (Wildman–Crippen MR) is 119 cm³/mol. The highest BCUT2D eigenvalue weighted by Crippen LogP contribution is 2.34. The fourth-order valence-corrected chi connectivity index (χ4v) is 3.53. The number of hydrogen-bond acceptors (Lipinski definition) is 6. The Morgan fingerprint density at radius 3 is 2.52 bits per heavy atom. The number of oxime groups is 1. The fourth-order valence-electron chi connectivity index (χ4n) is 3.53. The molecule has 1 aromatic carbocycles. The highest BCUT2D eigenvalue weighted by atomic mass is 16.7. The van der Waals surface area contributed by atoms with Gasteiger partial charge in [-0.3, -0.25) is 14.4 Å². The number of amides is 1. The Labute approximate surface area is 192 Å². The lowest BCUT2D eigenvalue weighted by atomic mass is 9.83. The summed E-state index contributed by atoms with van der Waals surface area (Å²) in [4.78, 5) is 43.1. The molecule has 2 N–H and O–H groups in total. The van der Waals surface area contributed by atoms with E-state index in [1.165, 1.54) is 0 Å². The van der Waals surface area contributed by atoms with E-state index in [2.05, 4.69) is 10.5 Å². The van der Waals surface area contributed by atoms with Gasteiger partial charge >= 0.3 is 11.8 Å². The van der Waals surface area contributed by atoms with Crippen molar-refractivity contribution in [3.05, 3.63) is 60.3 Å². The molecule has 2 atom stereocenters. The van der Waals surface area contributed by atoms with Crippen molar-refractivity contribution in [2.75, 3.05) is 6.61 Å². The van der Waals surface area contributed by atoms with E-state index in [-0.39, 0.29) is 12.3 Å². The number of aliphatic carboxylic acids is 1. The zero-order valence-corrected chi connectivity index (χ0v) is 18.9. The van der Waals surface area contributed by atoms with E-state index in [4.69, 9.17) is 9.57 Å². The number of aryl methyl sites for hydroxylation is 1. The molecule has 0 radical (unpaired) electrons. The monoisotopic (exact) mass is 454 g/mol. The summed E-state index contributed by atoms with van der Waals surface area (Å²) in [5, 5.41) is 16.0. The Morgan fingerprint density at radius 2 is 1.88 bits per heavy atom. The lowest BCUT2D eigenvalue weighted by Gasteiger charge is -2.30. The maximum absolute atomic E-state index is 13.3. The van der Waals surface area contributed by atoms with Crippen molar-refractivity contribution in [3.63, 3.8) is 0 Å². The summed E-state index contributed by atoms with van der Waals surface area (Å²) < 4.78 is 7.21. The number of nitrogens with zero attached hydrogens (tertiary/aromatic N) is 2. The lowest BCUT2D eigenvalue weighted by molar-refractivity contribution is -0.677. The molecule has 1 amide bonds. The summed E-state index contributed by atoms with van der Waals surface area (Å²) in [6.07, 6.45) is 1.38. The number of carbonyl (C=O) groups is 3. The molecule has 33 heavy (non-hydrogen) atoms. The number of Topliss-reactive ketones (excluding diaryl/α,β-unsaturated/α-hetero) is 1. The maximum Gasteiger partial charge on any atom is 0.367 e. The van der Waals surface area contributed by atoms with Crippen LogP contribution in [0, 0.1) is 5.92 Å². The number of carbonyl (C=O) groups excluding carboxylic acids is 2. The topological polar surface area (TPSA) is 118 Å². The molecule has 1 aliphatic heterocycles. The number of ether oxygens (including phenoxy) is 1. The molecule has 2 aromatic rings. The molecule has 2 heterocycles. The first-order valence-electron chi connectivity index (χ1n) is 10.7. The zero-order chi connectivity index (χ0) is 24.0. The summed E-state index contributed by atoms with van der Waals surface area (Å²) in [5.74, 6) is -2.22. The van der Waals surface area contributed by atoms with Crippen molar-refractivity contribution < 1.29 is 33.6 Å². The van der Waals surface area contributed by atoms with E-state index in [9.17, 15) is 19.5 Å². The van der Waals surface area contributed by atoms with Gasteiger partial charge in [0.1, 0.15) is 13.1 Å². The molecule has 0 unspecified atom stereocenters. The first kappa shape index (κ1) is 23.9. The SMILES string of the molecule is CC(C)[C@@]1(C(=O)N[C@@H](CC(=O)O)C(=O)COc2cccc[n+]2C)CC(c2ccccc2)=NO1. The van der Waals surface area contributed by atoms with Gasteiger partial charge in [0, 0.05) is 18.4 Å². The van der Waals surface area contributed by atoms with Gasteiger partial charge in [0.2, 0.25) is 5.60 Å². The molecule has 1 aliphatic rings. The Morgan fingerprint density at radius 1 is 1.18 bits per heavy atom. The van der Waals surface area contributed by atoms with Gasteiger partial charge in [-0.25, -0.2) is 0 Å². The lowest BCUT2D eigenvalue weighted by Crippen LogP contribution is -2.56. The second-order valence-corrected chi connectivity index (χ2v) is 8.24. The number of pyridine rings is 1. The van der Waals surface area contributed by atoms with Crippen molar-refractivity contribution in [2.45, 2.75) is 38.3 Å². The molecule has 0 bridgehead atoms. The molecule has 174 valence electrons. The number of carboxylic acid groups (broad SMARTS) is 1. The second kappa shape index (κ2) is 10.2. The van der Waals surface area contributed by atoms with Crippen molar-refractivity contribution in [1.29, 1.82) is 0 Å². The molecule has 9 nitrogen and oxygen atoms in total. The number of benzene rings is 1. The number of nitrogens with one attached hydrogen (secondary N) is 1. The second-order valence-electron chi connectivity index (χ2n) is 8.24. The van der Waals surface area contributed by atoms with Crippen LogP contribution in [0.5, 0.6) is 5.88 Å². The summed E-state index contributed by atoms with van der Waals surface area (Å²) in [6, 6.07) is 13.3. The fraction of sp³-hybridized carbons (Fsp3) is 0.375. The quantitative estimate of drug-likeness (QED) is 0.527. The van der Waals surface area contributed by atoms with Crippen LogP contribution in [-0.4, -0.2) is 46.7 Å². The van der Waals surface area contributed by atoms with Crippen LogP contribution in [0.3, 0.4) is 0 Å². The van der Waals surface area contributed by atoms with Gasteiger partial charge in [-0.05, 0) is 11.6 Å². The third-order valence-electron chi connectivity index (χ3n) is 5.62. The van der Waals surface area contributed by atoms with Crippen LogP contribution in [0.2, 0.25) is 0 Å². The predicted octanol–water partition coefficient (Wildman–Crippen LogP) is 1.64. The number of ketones is 1. The minimum atomic E-state index is -1.35. The summed E-state index contributed by atoms with van der Waals surface area (Å²) in [5.41, 5.74) is 0.0881. The first-order chi connectivity index (χ1) is 15.7. The largest absolute Gasteiger partial charge is 0.481 e. The highest BCUT2D eigenvalue weighted by molar-refractivity contribution is 6.06. The van der Waals surface area contributed by atoms with E-state index in [0.717, 1.165) is 5.56 Å². The van der Waals surface area contributed by atoms with Crippen LogP contribution in [0.4, 0.5) is 0 Å². The molecular weight excluding hydrogens is 426 g/mol. The number of rotatable bonds is 10. The number of hydrogen-bond donors (Lipinski definition) is 2. The molecule has 0 aliphatic carbocycles. The van der Waals surface area contributed by atoms with Crippen LogP contribution < -0.4 is 14.6 Å². The van der Waals surface area contributed by atoms with Gasteiger partial charge in [0.25, 0.3) is 5.91 Å². The van der Waals surface area contributed by atoms with Crippen molar-refractivity contribution in [2.24, 2.45) is 18.1 Å². The molecule has 3 rings (SSSR count). The van der Waals surface area contributed by atoms with Crippen molar-refractivity contribution in [3.8, 4) is 5.88 Å². The first-order valence-corrected chi connectivity index (χ1v) is 10.7. The van der Waals surface area contributed by atoms with Gasteiger partial charge in [0.05, 0.1) is 18.2 Å². The minimum Gasteiger partial charge on any atom is -0.481 e. The van der Waals surface area contributed by atoms with Gasteiger partial charge < -0.3 is 20.0 Å². The maximum atomic E-state index is 13.3. The highest BCUT2D eigenvalue weighted by Gasteiger charge is 2.50. The standard InChI is InChI=1S/C24H27N3O6/c1-16(2)24(14-19(26-33-24)17-9-5-4-6-10-17)23(31)25-18(13-22(29)30)20(28)15-32-21-11-7-8-12-27(21)3/h4-12,16,18H,13-15H2,1-3H3,(H-,25,29,30,31)/p+1/t18-,24+/m0/s1. The molecule has 9 heteroatoms. The van der Waals surface area contributed by atoms with Crippen LogP contribution in [0.25, 0.3) is 0 Å². The van der Waals surface area contributed by atoms with E-state index in [1.54, 1.807) is 36.0 Å². The average Bonchev–Trinajstić information content (AvgIpc) is 3.25. The van der Waals surface area contributed by atoms with E-state index >= 15 is 0 Å². The van der Waals surface area contributed by atoms with Crippen molar-refractivity contribution >= 4 is 23.4 Å². The van der Waals surface area contributed by atoms with Gasteiger partial charge in [-0.2, -0.15) is 4.57 Å². The van der Waals surface area contributed by atoms with E-state index in [1.807, 2.05) is 44.2 Å². The smallest absolute Gasteiger partial charge is 0.367 e. The van der Waals surface area contributed by atoms with Gasteiger partial charge in [-0.1, -0.05) is 49.3 Å². The van der Waals surface area contributed by atoms with Crippen LogP contribution in [0.15, 0.2) is 59.9 Å². The van der Waals surface area contributed by atoms with Crippen LogP contribution in [0.1, 0.15) is 32.3 Å². The Kier molecular flexibility index (Phi) is 7.42. The number of aromatic nitrogens is 1. The van der Waals surface area contributed by atoms with Crippen LogP contribution in [-0.2, 0) is 26.3 Å². The minimum absolute atomic E-state index is 0.199. The van der Waals surface area contributed by atoms with Crippen LogP contribution >= 0.6 is 0 Å². The summed E-state index contributed by atoms with van der Waals surface area (Å²) >= 11 is 0. The molecule has 0 saturated heterocycles. The summed E-state index contributed by atoms with van der Waals surface area (Å²) in [6.45, 7) is 3.24. The number of carboxylic acids is 1. The van der Waals surface area contributed by atoms with E-state index in [0.29, 0.717) is 11.6 Å². The van der Waals surface area contributed by atoms with E-state index < -0.39 is 42.3 Å². The van der Waals surface area contributed by atoms with Gasteiger partial charge in [-0.15, -0.1) is 0 Å². The summed E-state index contributed by atoms with van der Waals surface area (Å²) in [7, 11) is 1.75. The molecule has 1 aromatic heterocycles. The Balaban J connectivity index is 1.73. The average molecular weight is 455 g/mol. The third kappa shape index (κ3) is 5.54. The van der Waals surface area contributed by atoms with Crippen molar-refractivity contribution in [1.82, 2.24) is 5.32 Å². The zero-order valence-electron chi connectivity index (χ0n) is 18.9.